The average molecular weight is 380 g/mol. The first kappa shape index (κ1) is 19.1. The summed E-state index contributed by atoms with van der Waals surface area (Å²) in [5, 5.41) is 12.8. The van der Waals surface area contributed by atoms with Gasteiger partial charge in [-0.15, -0.1) is 0 Å². The number of fused-ring (bicyclic) bond motifs is 1. The number of carbonyl (C=O) groups is 2. The third-order valence-electron chi connectivity index (χ3n) is 4.36. The summed E-state index contributed by atoms with van der Waals surface area (Å²) < 4.78 is 0. The minimum absolute atomic E-state index is 0.0165. The number of carbonyl (C=O) groups excluding carboxylic acids is 2. The van der Waals surface area contributed by atoms with Crippen LogP contribution >= 0.6 is 11.8 Å². The van der Waals surface area contributed by atoms with Gasteiger partial charge in [0.15, 0.2) is 5.78 Å². The van der Waals surface area contributed by atoms with E-state index in [1.807, 2.05) is 13.1 Å². The fourth-order valence-electron chi connectivity index (χ4n) is 2.90. The molecule has 1 aromatic carbocycles. The van der Waals surface area contributed by atoms with Crippen LogP contribution in [0.2, 0.25) is 0 Å². The first-order chi connectivity index (χ1) is 13.0. The SMILES string of the molecule is CC(=O)c1ccc(NC(=O)CSc2nc3c(cc2C#N)CN(C)CC3)cc1. The van der Waals surface area contributed by atoms with Crippen LogP contribution in [0.1, 0.15) is 34.1 Å². The summed E-state index contributed by atoms with van der Waals surface area (Å²) in [4.78, 5) is 30.3. The summed E-state index contributed by atoms with van der Waals surface area (Å²) in [6, 6.07) is 10.8. The van der Waals surface area contributed by atoms with Crippen LogP contribution in [0.15, 0.2) is 35.4 Å². The molecule has 0 saturated heterocycles. The lowest BCUT2D eigenvalue weighted by molar-refractivity contribution is -0.113. The van der Waals surface area contributed by atoms with E-state index >= 15 is 0 Å². The molecule has 1 N–H and O–H groups in total. The number of thioether (sulfide) groups is 1. The van der Waals surface area contributed by atoms with Crippen molar-refractivity contribution in [3.8, 4) is 6.07 Å². The molecule has 1 aliphatic heterocycles. The largest absolute Gasteiger partial charge is 0.325 e. The van der Waals surface area contributed by atoms with Crippen molar-refractivity contribution in [1.29, 1.82) is 5.26 Å². The van der Waals surface area contributed by atoms with Crippen LogP contribution in [-0.2, 0) is 17.8 Å². The van der Waals surface area contributed by atoms with Crippen LogP contribution in [0.25, 0.3) is 0 Å². The lowest BCUT2D eigenvalue weighted by Crippen LogP contribution is -2.27. The van der Waals surface area contributed by atoms with Crippen molar-refractivity contribution in [1.82, 2.24) is 9.88 Å². The van der Waals surface area contributed by atoms with Gasteiger partial charge in [0.25, 0.3) is 0 Å². The summed E-state index contributed by atoms with van der Waals surface area (Å²) in [7, 11) is 2.05. The molecule has 138 valence electrons. The second kappa shape index (κ2) is 8.33. The van der Waals surface area contributed by atoms with Crippen molar-refractivity contribution < 1.29 is 9.59 Å². The van der Waals surface area contributed by atoms with Gasteiger partial charge in [0, 0.05) is 36.5 Å². The van der Waals surface area contributed by atoms with Crippen LogP contribution in [0.4, 0.5) is 5.69 Å². The molecule has 0 aliphatic carbocycles. The number of amides is 1. The van der Waals surface area contributed by atoms with Gasteiger partial charge in [-0.05, 0) is 49.9 Å². The number of hydrogen-bond donors (Lipinski definition) is 1. The van der Waals surface area contributed by atoms with Crippen LogP contribution in [-0.4, -0.2) is 40.9 Å². The van der Waals surface area contributed by atoms with E-state index in [0.717, 1.165) is 30.8 Å². The minimum Gasteiger partial charge on any atom is -0.325 e. The molecule has 0 saturated carbocycles. The summed E-state index contributed by atoms with van der Waals surface area (Å²) in [6.45, 7) is 3.23. The van der Waals surface area contributed by atoms with Crippen molar-refractivity contribution in [3.05, 3.63) is 52.7 Å². The van der Waals surface area contributed by atoms with Crippen LogP contribution in [0.3, 0.4) is 0 Å². The second-order valence-electron chi connectivity index (χ2n) is 6.52. The first-order valence-electron chi connectivity index (χ1n) is 8.61. The molecule has 0 spiro atoms. The van der Waals surface area contributed by atoms with E-state index in [-0.39, 0.29) is 17.4 Å². The Hall–Kier alpha value is -2.69. The van der Waals surface area contributed by atoms with Crippen molar-refractivity contribution in [2.24, 2.45) is 0 Å². The average Bonchev–Trinajstić information content (AvgIpc) is 2.66. The van der Waals surface area contributed by atoms with Crippen LogP contribution in [0.5, 0.6) is 0 Å². The Kier molecular flexibility index (Phi) is 5.89. The Bertz CT molecular complexity index is 919. The van der Waals surface area contributed by atoms with Crippen LogP contribution < -0.4 is 5.32 Å². The molecule has 0 radical (unpaired) electrons. The minimum atomic E-state index is -0.182. The lowest BCUT2D eigenvalue weighted by Gasteiger charge is -2.24. The Labute approximate surface area is 162 Å². The zero-order chi connectivity index (χ0) is 19.4. The molecule has 6 nitrogen and oxygen atoms in total. The molecular formula is C20H20N4O2S. The van der Waals surface area contributed by atoms with Crippen LogP contribution in [0, 0.1) is 11.3 Å². The number of nitrogens with zero attached hydrogens (tertiary/aromatic N) is 3. The summed E-state index contributed by atoms with van der Waals surface area (Å²) in [6.07, 6.45) is 0.847. The van der Waals surface area contributed by atoms with Crippen molar-refractivity contribution in [2.75, 3.05) is 24.7 Å². The molecule has 2 aromatic rings. The highest BCUT2D eigenvalue weighted by atomic mass is 32.2. The molecule has 1 aromatic heterocycles. The molecule has 0 atom stereocenters. The smallest absolute Gasteiger partial charge is 0.234 e. The highest BCUT2D eigenvalue weighted by molar-refractivity contribution is 8.00. The Balaban J connectivity index is 1.65. The number of ketones is 1. The van der Waals surface area contributed by atoms with E-state index in [1.165, 1.54) is 18.7 Å². The lowest BCUT2D eigenvalue weighted by atomic mass is 10.0. The predicted molar refractivity (Wildman–Crippen MR) is 105 cm³/mol. The zero-order valence-electron chi connectivity index (χ0n) is 15.3. The summed E-state index contributed by atoms with van der Waals surface area (Å²) >= 11 is 1.27. The number of rotatable bonds is 5. The third-order valence-corrected chi connectivity index (χ3v) is 5.35. The Morgan fingerprint density at radius 1 is 1.33 bits per heavy atom. The van der Waals surface area contributed by atoms with Gasteiger partial charge in [0.1, 0.15) is 11.1 Å². The van der Waals surface area contributed by atoms with Crippen molar-refractivity contribution in [2.45, 2.75) is 24.9 Å². The number of anilines is 1. The Morgan fingerprint density at radius 3 is 2.74 bits per heavy atom. The Morgan fingerprint density at radius 2 is 2.07 bits per heavy atom. The number of aromatic nitrogens is 1. The predicted octanol–water partition coefficient (Wildman–Crippen LogP) is 2.87. The van der Waals surface area contributed by atoms with Gasteiger partial charge in [0.2, 0.25) is 5.91 Å². The fraction of sp³-hybridized carbons (Fsp3) is 0.300. The number of likely N-dealkylation sites (N-methyl/N-ethyl adjacent to an activating group) is 1. The number of nitrogens with one attached hydrogen (secondary N) is 1. The molecule has 1 aliphatic rings. The normalized spacial score (nSPS) is 13.5. The first-order valence-corrected chi connectivity index (χ1v) is 9.60. The van der Waals surface area contributed by atoms with Gasteiger partial charge in [-0.2, -0.15) is 5.26 Å². The van der Waals surface area contributed by atoms with Crippen molar-refractivity contribution in [3.63, 3.8) is 0 Å². The van der Waals surface area contributed by atoms with Gasteiger partial charge < -0.3 is 10.2 Å². The van der Waals surface area contributed by atoms with E-state index in [4.69, 9.17) is 0 Å². The maximum Gasteiger partial charge on any atom is 0.234 e. The summed E-state index contributed by atoms with van der Waals surface area (Å²) in [5.74, 6) is -0.0367. The number of Topliss-reactive ketones (excluding diaryl/α,β-unsaturated/α-hetero) is 1. The number of nitriles is 1. The highest BCUT2D eigenvalue weighted by Gasteiger charge is 2.18. The van der Waals surface area contributed by atoms with Gasteiger partial charge >= 0.3 is 0 Å². The highest BCUT2D eigenvalue weighted by Crippen LogP contribution is 2.26. The molecule has 2 heterocycles. The van der Waals surface area contributed by atoms with Gasteiger partial charge in [-0.25, -0.2) is 4.98 Å². The second-order valence-corrected chi connectivity index (χ2v) is 7.48. The quantitative estimate of drug-likeness (QED) is 0.634. The van der Waals surface area contributed by atoms with E-state index in [1.54, 1.807) is 24.3 Å². The van der Waals surface area contributed by atoms with E-state index in [2.05, 4.69) is 21.3 Å². The molecule has 1 amide bonds. The standard InChI is InChI=1S/C20H20N4O2S/c1-13(25)14-3-5-17(6-4-14)22-19(26)12-27-20-15(10-21)9-16-11-24(2)8-7-18(16)23-20/h3-6,9H,7-8,11-12H2,1-2H3,(H,22,26). The molecule has 0 bridgehead atoms. The van der Waals surface area contributed by atoms with E-state index in [0.29, 0.717) is 21.8 Å². The molecule has 0 fully saturated rings. The number of benzene rings is 1. The topological polar surface area (TPSA) is 86.1 Å². The fourth-order valence-corrected chi connectivity index (χ4v) is 3.68. The zero-order valence-corrected chi connectivity index (χ0v) is 16.1. The van der Waals surface area contributed by atoms with E-state index < -0.39 is 0 Å². The maximum absolute atomic E-state index is 12.2. The maximum atomic E-state index is 12.2. The number of pyridine rings is 1. The molecule has 7 heteroatoms. The molecular weight excluding hydrogens is 360 g/mol. The van der Waals surface area contributed by atoms with Gasteiger partial charge in [0.05, 0.1) is 11.3 Å². The number of hydrogen-bond acceptors (Lipinski definition) is 6. The van der Waals surface area contributed by atoms with E-state index in [9.17, 15) is 14.9 Å². The van der Waals surface area contributed by atoms with Gasteiger partial charge in [-0.3, -0.25) is 9.59 Å². The molecule has 0 unspecified atom stereocenters. The van der Waals surface area contributed by atoms with Crippen molar-refractivity contribution >= 4 is 29.1 Å². The molecule has 27 heavy (non-hydrogen) atoms. The monoisotopic (exact) mass is 380 g/mol. The van der Waals surface area contributed by atoms with Gasteiger partial charge in [-0.1, -0.05) is 11.8 Å². The third kappa shape index (κ3) is 4.73. The summed E-state index contributed by atoms with van der Waals surface area (Å²) in [5.41, 5.74) is 3.83. The molecule has 3 rings (SSSR count).